The fraction of sp³-hybridized carbons (Fsp3) is 0.312. The normalized spacial score (nSPS) is 17.6. The smallest absolute Gasteiger partial charge is 0.101 e. The number of nitriles is 1. The van der Waals surface area contributed by atoms with Gasteiger partial charge in [-0.2, -0.15) is 5.26 Å². The molecule has 0 amide bonds. The average Bonchev–Trinajstić information content (AvgIpc) is 2.76. The Morgan fingerprint density at radius 2 is 2.20 bits per heavy atom. The first-order valence-corrected chi connectivity index (χ1v) is 7.16. The van der Waals surface area contributed by atoms with Crippen molar-refractivity contribution in [2.45, 2.75) is 32.2 Å². The van der Waals surface area contributed by atoms with Crippen molar-refractivity contribution in [1.82, 2.24) is 4.57 Å². The van der Waals surface area contributed by atoms with E-state index in [4.69, 9.17) is 17.3 Å². The van der Waals surface area contributed by atoms with Crippen LogP contribution in [0.5, 0.6) is 0 Å². The maximum atomic E-state index is 9.32. The van der Waals surface area contributed by atoms with Gasteiger partial charge in [0.05, 0.1) is 11.3 Å². The maximum Gasteiger partial charge on any atom is 0.101 e. The lowest BCUT2D eigenvalue weighted by atomic mass is 9.93. The minimum atomic E-state index is 0.100. The fourth-order valence-corrected chi connectivity index (χ4v) is 3.22. The molecule has 102 valence electrons. The molecule has 1 aliphatic carbocycles. The molecule has 0 bridgehead atoms. The van der Waals surface area contributed by atoms with Gasteiger partial charge in [-0.25, -0.2) is 0 Å². The SMILES string of the molecule is Cc1cc2c(n1-c1cc(Cl)ccc1C#N)CCCC2N. The van der Waals surface area contributed by atoms with Gasteiger partial charge in [0.25, 0.3) is 0 Å². The molecular formula is C16H16ClN3. The van der Waals surface area contributed by atoms with E-state index in [9.17, 15) is 5.26 Å². The number of nitrogens with two attached hydrogens (primary N) is 1. The Kier molecular flexibility index (Phi) is 3.29. The Labute approximate surface area is 123 Å². The first kappa shape index (κ1) is 13.2. The number of hydrogen-bond acceptors (Lipinski definition) is 2. The number of aryl methyl sites for hydroxylation is 1. The summed E-state index contributed by atoms with van der Waals surface area (Å²) >= 11 is 6.11. The third kappa shape index (κ3) is 2.02. The van der Waals surface area contributed by atoms with Gasteiger partial charge in [-0.15, -0.1) is 0 Å². The number of rotatable bonds is 1. The van der Waals surface area contributed by atoms with Gasteiger partial charge in [-0.3, -0.25) is 0 Å². The molecule has 1 aromatic carbocycles. The minimum absolute atomic E-state index is 0.100. The van der Waals surface area contributed by atoms with E-state index in [0.29, 0.717) is 10.6 Å². The molecular weight excluding hydrogens is 270 g/mol. The average molecular weight is 286 g/mol. The summed E-state index contributed by atoms with van der Waals surface area (Å²) in [6.07, 6.45) is 3.10. The molecule has 0 saturated carbocycles. The van der Waals surface area contributed by atoms with Crippen LogP contribution >= 0.6 is 11.6 Å². The zero-order valence-electron chi connectivity index (χ0n) is 11.4. The topological polar surface area (TPSA) is 54.7 Å². The lowest BCUT2D eigenvalue weighted by Gasteiger charge is -2.21. The first-order chi connectivity index (χ1) is 9.61. The van der Waals surface area contributed by atoms with Crippen molar-refractivity contribution in [3.63, 3.8) is 0 Å². The Bertz CT molecular complexity index is 709. The first-order valence-electron chi connectivity index (χ1n) is 6.78. The fourth-order valence-electron chi connectivity index (χ4n) is 3.06. The van der Waals surface area contributed by atoms with Crippen LogP contribution in [0.4, 0.5) is 0 Å². The lowest BCUT2D eigenvalue weighted by Crippen LogP contribution is -2.18. The molecule has 1 unspecified atom stereocenters. The molecule has 0 spiro atoms. The highest BCUT2D eigenvalue weighted by molar-refractivity contribution is 6.30. The van der Waals surface area contributed by atoms with E-state index < -0.39 is 0 Å². The van der Waals surface area contributed by atoms with Crippen LogP contribution in [0.25, 0.3) is 5.69 Å². The number of benzene rings is 1. The van der Waals surface area contributed by atoms with Crippen LogP contribution < -0.4 is 5.73 Å². The number of fused-ring (bicyclic) bond motifs is 1. The van der Waals surface area contributed by atoms with Crippen LogP contribution in [0.3, 0.4) is 0 Å². The van der Waals surface area contributed by atoms with Crippen LogP contribution in [0, 0.1) is 18.3 Å². The van der Waals surface area contributed by atoms with Crippen LogP contribution in [0.1, 0.15) is 41.4 Å². The van der Waals surface area contributed by atoms with Gasteiger partial charge in [0.15, 0.2) is 0 Å². The Morgan fingerprint density at radius 3 is 2.95 bits per heavy atom. The summed E-state index contributed by atoms with van der Waals surface area (Å²) in [6, 6.07) is 9.86. The highest BCUT2D eigenvalue weighted by atomic mass is 35.5. The van der Waals surface area contributed by atoms with E-state index in [2.05, 4.69) is 16.7 Å². The number of hydrogen-bond donors (Lipinski definition) is 1. The summed E-state index contributed by atoms with van der Waals surface area (Å²) in [4.78, 5) is 0. The molecule has 0 aliphatic heterocycles. The number of nitrogens with zero attached hydrogens (tertiary/aromatic N) is 2. The summed E-state index contributed by atoms with van der Waals surface area (Å²) < 4.78 is 2.14. The minimum Gasteiger partial charge on any atom is -0.324 e. The molecule has 4 heteroatoms. The largest absolute Gasteiger partial charge is 0.324 e. The molecule has 2 aromatic rings. The molecule has 3 nitrogen and oxygen atoms in total. The summed E-state index contributed by atoms with van der Waals surface area (Å²) in [5, 5.41) is 9.96. The van der Waals surface area contributed by atoms with Crippen LogP contribution in [-0.2, 0) is 6.42 Å². The van der Waals surface area contributed by atoms with E-state index in [1.54, 1.807) is 12.1 Å². The molecule has 0 fully saturated rings. The van der Waals surface area contributed by atoms with Crippen LogP contribution in [0.2, 0.25) is 5.02 Å². The molecule has 1 aliphatic rings. The molecule has 0 saturated heterocycles. The van der Waals surface area contributed by atoms with Gasteiger partial charge in [-0.1, -0.05) is 11.6 Å². The van der Waals surface area contributed by atoms with Crippen molar-refractivity contribution in [1.29, 1.82) is 5.26 Å². The molecule has 3 rings (SSSR count). The predicted octanol–water partition coefficient (Wildman–Crippen LogP) is 3.65. The highest BCUT2D eigenvalue weighted by Gasteiger charge is 2.23. The van der Waals surface area contributed by atoms with Gasteiger partial charge in [0, 0.05) is 22.5 Å². The summed E-state index contributed by atoms with van der Waals surface area (Å²) in [7, 11) is 0. The number of aromatic nitrogens is 1. The third-order valence-electron chi connectivity index (χ3n) is 3.97. The summed E-state index contributed by atoms with van der Waals surface area (Å²) in [5.74, 6) is 0. The van der Waals surface area contributed by atoms with Crippen molar-refractivity contribution in [3.05, 3.63) is 51.8 Å². The molecule has 1 aromatic heterocycles. The van der Waals surface area contributed by atoms with Crippen molar-refractivity contribution in [3.8, 4) is 11.8 Å². The van der Waals surface area contributed by atoms with Crippen molar-refractivity contribution < 1.29 is 0 Å². The third-order valence-corrected chi connectivity index (χ3v) is 4.20. The highest BCUT2D eigenvalue weighted by Crippen LogP contribution is 2.34. The Hall–Kier alpha value is -1.76. The van der Waals surface area contributed by atoms with Crippen molar-refractivity contribution in [2.24, 2.45) is 5.73 Å². The van der Waals surface area contributed by atoms with E-state index in [1.165, 1.54) is 11.3 Å². The molecule has 1 atom stereocenters. The summed E-state index contributed by atoms with van der Waals surface area (Å²) in [5.41, 5.74) is 11.2. The lowest BCUT2D eigenvalue weighted by molar-refractivity contribution is 0.560. The van der Waals surface area contributed by atoms with Gasteiger partial charge in [0.2, 0.25) is 0 Å². The van der Waals surface area contributed by atoms with E-state index >= 15 is 0 Å². The van der Waals surface area contributed by atoms with Crippen LogP contribution in [0.15, 0.2) is 24.3 Å². The Balaban J connectivity index is 2.26. The zero-order valence-corrected chi connectivity index (χ0v) is 12.1. The van der Waals surface area contributed by atoms with Crippen molar-refractivity contribution in [2.75, 3.05) is 0 Å². The standard InChI is InChI=1S/C16H16ClN3/c1-10-7-13-14(19)3-2-4-15(13)20(10)16-8-12(17)6-5-11(16)9-18/h5-8,14H,2-4,19H2,1H3. The summed E-state index contributed by atoms with van der Waals surface area (Å²) in [6.45, 7) is 2.05. The van der Waals surface area contributed by atoms with Gasteiger partial charge >= 0.3 is 0 Å². The zero-order chi connectivity index (χ0) is 14.3. The predicted molar refractivity (Wildman–Crippen MR) is 80.1 cm³/mol. The van der Waals surface area contributed by atoms with Gasteiger partial charge < -0.3 is 10.3 Å². The second kappa shape index (κ2) is 4.97. The molecule has 1 heterocycles. The van der Waals surface area contributed by atoms with Crippen LogP contribution in [-0.4, -0.2) is 4.57 Å². The monoisotopic (exact) mass is 285 g/mol. The van der Waals surface area contributed by atoms with E-state index in [-0.39, 0.29) is 6.04 Å². The maximum absolute atomic E-state index is 9.32. The molecule has 0 radical (unpaired) electrons. The second-order valence-electron chi connectivity index (χ2n) is 5.30. The van der Waals surface area contributed by atoms with Gasteiger partial charge in [-0.05, 0) is 56.0 Å². The molecule has 20 heavy (non-hydrogen) atoms. The molecule has 2 N–H and O–H groups in total. The van der Waals surface area contributed by atoms with E-state index in [1.807, 2.05) is 13.0 Å². The quantitative estimate of drug-likeness (QED) is 0.869. The van der Waals surface area contributed by atoms with Gasteiger partial charge in [0.1, 0.15) is 6.07 Å². The van der Waals surface area contributed by atoms with E-state index in [0.717, 1.165) is 30.6 Å². The second-order valence-corrected chi connectivity index (χ2v) is 5.73. The van der Waals surface area contributed by atoms with Crippen molar-refractivity contribution >= 4 is 11.6 Å². The number of halogens is 1. The Morgan fingerprint density at radius 1 is 1.40 bits per heavy atom.